The minimum absolute atomic E-state index is 0.273. The molecule has 1 atom stereocenters. The van der Waals surface area contributed by atoms with E-state index < -0.39 is 16.1 Å². The van der Waals surface area contributed by atoms with Gasteiger partial charge in [0, 0.05) is 11.0 Å². The molecule has 0 saturated heterocycles. The Morgan fingerprint density at radius 1 is 0.848 bits per heavy atom. The number of furan rings is 1. The van der Waals surface area contributed by atoms with Crippen molar-refractivity contribution >= 4 is 32.3 Å². The van der Waals surface area contributed by atoms with E-state index in [2.05, 4.69) is 20.8 Å². The molecule has 3 aromatic carbocycles. The quantitative estimate of drug-likeness (QED) is 0.340. The van der Waals surface area contributed by atoms with Gasteiger partial charge in [-0.25, -0.2) is 8.42 Å². The Morgan fingerprint density at radius 3 is 2.15 bits per heavy atom. The number of benzene rings is 3. The van der Waals surface area contributed by atoms with Crippen molar-refractivity contribution in [2.24, 2.45) is 5.41 Å². The lowest BCUT2D eigenvalue weighted by atomic mass is 9.82. The van der Waals surface area contributed by atoms with Gasteiger partial charge in [-0.1, -0.05) is 80.9 Å². The van der Waals surface area contributed by atoms with Gasteiger partial charge < -0.3 is 4.42 Å². The summed E-state index contributed by atoms with van der Waals surface area (Å²) in [7, 11) is -3.86. The Morgan fingerprint density at radius 2 is 1.48 bits per heavy atom. The molecule has 1 aromatic heterocycles. The highest BCUT2D eigenvalue weighted by atomic mass is 32.2. The predicted octanol–water partition coefficient (Wildman–Crippen LogP) is 6.80. The molecule has 2 heterocycles. The van der Waals surface area contributed by atoms with E-state index in [9.17, 15) is 8.42 Å². The van der Waals surface area contributed by atoms with E-state index in [4.69, 9.17) is 4.42 Å². The fraction of sp³-hybridized carbons (Fsp3) is 0.214. The van der Waals surface area contributed by atoms with Gasteiger partial charge in [-0.3, -0.25) is 4.31 Å². The molecule has 0 radical (unpaired) electrons. The number of para-hydroxylation sites is 1. The van der Waals surface area contributed by atoms with E-state index in [1.165, 1.54) is 0 Å². The standard InChI is InChI=1S/C28H27NO3S/c1-19-14-16-21(17-15-19)33(30,31)29-25(28(2,3)4)18-23(20-10-6-5-7-11-20)27-26(29)22-12-8-9-13-24(22)32-27/h5-18,25H,1-4H3. The van der Waals surface area contributed by atoms with Crippen LogP contribution in [0.1, 0.15) is 37.7 Å². The van der Waals surface area contributed by atoms with Crippen LogP contribution in [0.25, 0.3) is 16.5 Å². The summed E-state index contributed by atoms with van der Waals surface area (Å²) in [6, 6.07) is 24.3. The Hall–Kier alpha value is -3.31. The van der Waals surface area contributed by atoms with Crippen molar-refractivity contribution in [2.45, 2.75) is 38.6 Å². The maximum absolute atomic E-state index is 14.2. The predicted molar refractivity (Wildman–Crippen MR) is 134 cm³/mol. The van der Waals surface area contributed by atoms with Gasteiger partial charge in [-0.15, -0.1) is 0 Å². The molecule has 0 spiro atoms. The van der Waals surface area contributed by atoms with Crippen molar-refractivity contribution in [3.05, 3.63) is 102 Å². The number of rotatable bonds is 3. The monoisotopic (exact) mass is 457 g/mol. The van der Waals surface area contributed by atoms with E-state index in [0.29, 0.717) is 17.0 Å². The molecule has 33 heavy (non-hydrogen) atoms. The van der Waals surface area contributed by atoms with Crippen LogP contribution in [0.4, 0.5) is 5.69 Å². The molecule has 0 fully saturated rings. The largest absolute Gasteiger partial charge is 0.454 e. The van der Waals surface area contributed by atoms with Crippen molar-refractivity contribution in [2.75, 3.05) is 4.31 Å². The van der Waals surface area contributed by atoms with Crippen molar-refractivity contribution in [1.29, 1.82) is 0 Å². The maximum atomic E-state index is 14.2. The van der Waals surface area contributed by atoms with Gasteiger partial charge >= 0.3 is 0 Å². The third-order valence-electron chi connectivity index (χ3n) is 6.16. The van der Waals surface area contributed by atoms with Crippen LogP contribution in [0.15, 0.2) is 94.3 Å². The molecule has 1 unspecified atom stereocenters. The van der Waals surface area contributed by atoms with Gasteiger partial charge in [0.05, 0.1) is 10.9 Å². The molecule has 4 nitrogen and oxygen atoms in total. The summed E-state index contributed by atoms with van der Waals surface area (Å²) in [5.41, 5.74) is 3.83. The molecule has 1 aliphatic heterocycles. The zero-order valence-electron chi connectivity index (χ0n) is 19.2. The SMILES string of the molecule is Cc1ccc(S(=O)(=O)N2c3c(oc4ccccc34)C(c3ccccc3)=CC2C(C)(C)C)cc1. The lowest BCUT2D eigenvalue weighted by molar-refractivity contribution is 0.364. The van der Waals surface area contributed by atoms with Crippen LogP contribution in [0.3, 0.4) is 0 Å². The molecule has 168 valence electrons. The lowest BCUT2D eigenvalue weighted by Crippen LogP contribution is -2.48. The third-order valence-corrected chi connectivity index (χ3v) is 7.96. The summed E-state index contributed by atoms with van der Waals surface area (Å²) >= 11 is 0. The van der Waals surface area contributed by atoms with Gasteiger partial charge in [0.2, 0.25) is 0 Å². The highest BCUT2D eigenvalue weighted by molar-refractivity contribution is 7.93. The summed E-state index contributed by atoms with van der Waals surface area (Å²) in [6.07, 6.45) is 2.05. The van der Waals surface area contributed by atoms with Gasteiger partial charge in [-0.2, -0.15) is 0 Å². The normalized spacial score (nSPS) is 16.5. The van der Waals surface area contributed by atoms with Crippen LogP contribution in [-0.2, 0) is 10.0 Å². The van der Waals surface area contributed by atoms with Crippen LogP contribution in [0.5, 0.6) is 0 Å². The fourth-order valence-electron chi connectivity index (χ4n) is 4.41. The van der Waals surface area contributed by atoms with Crippen molar-refractivity contribution in [3.63, 3.8) is 0 Å². The molecule has 0 saturated carbocycles. The van der Waals surface area contributed by atoms with E-state index in [0.717, 1.165) is 22.1 Å². The second kappa shape index (κ2) is 7.63. The Kier molecular flexibility index (Phi) is 4.98. The van der Waals surface area contributed by atoms with Gasteiger partial charge in [0.15, 0.2) is 5.76 Å². The Balaban J connectivity index is 1.84. The highest BCUT2D eigenvalue weighted by Crippen LogP contribution is 2.49. The van der Waals surface area contributed by atoms with Crippen molar-refractivity contribution in [3.8, 4) is 0 Å². The Bertz CT molecular complexity index is 1460. The van der Waals surface area contributed by atoms with Crippen molar-refractivity contribution < 1.29 is 12.8 Å². The zero-order chi connectivity index (χ0) is 23.4. The van der Waals surface area contributed by atoms with E-state index in [-0.39, 0.29) is 10.3 Å². The zero-order valence-corrected chi connectivity index (χ0v) is 20.1. The van der Waals surface area contributed by atoms with Gasteiger partial charge in [-0.05, 0) is 48.2 Å². The Labute approximate surface area is 195 Å². The molecule has 1 aliphatic rings. The number of nitrogens with zero attached hydrogens (tertiary/aromatic N) is 1. The topological polar surface area (TPSA) is 50.5 Å². The summed E-state index contributed by atoms with van der Waals surface area (Å²) < 4.78 is 36.2. The van der Waals surface area contributed by atoms with Crippen LogP contribution >= 0.6 is 0 Å². The number of hydrogen-bond acceptors (Lipinski definition) is 3. The smallest absolute Gasteiger partial charge is 0.265 e. The minimum Gasteiger partial charge on any atom is -0.454 e. The molecular weight excluding hydrogens is 430 g/mol. The number of sulfonamides is 1. The van der Waals surface area contributed by atoms with Crippen LogP contribution in [-0.4, -0.2) is 14.5 Å². The molecule has 0 amide bonds. The number of fused-ring (bicyclic) bond motifs is 3. The first-order valence-electron chi connectivity index (χ1n) is 11.1. The molecule has 0 N–H and O–H groups in total. The highest BCUT2D eigenvalue weighted by Gasteiger charge is 2.44. The third kappa shape index (κ3) is 3.57. The van der Waals surface area contributed by atoms with Gasteiger partial charge in [0.25, 0.3) is 10.0 Å². The van der Waals surface area contributed by atoms with Crippen molar-refractivity contribution in [1.82, 2.24) is 0 Å². The summed E-state index contributed by atoms with van der Waals surface area (Å²) in [4.78, 5) is 0.273. The number of hydrogen-bond donors (Lipinski definition) is 0. The number of aryl methyl sites for hydroxylation is 1. The van der Waals surface area contributed by atoms with E-state index in [1.807, 2.05) is 79.7 Å². The van der Waals surface area contributed by atoms with E-state index >= 15 is 0 Å². The molecule has 0 aliphatic carbocycles. The van der Waals surface area contributed by atoms with Gasteiger partial charge in [0.1, 0.15) is 11.3 Å². The summed E-state index contributed by atoms with van der Waals surface area (Å²) in [5.74, 6) is 0.582. The first-order valence-corrected chi connectivity index (χ1v) is 12.5. The fourth-order valence-corrected chi connectivity index (χ4v) is 6.22. The molecule has 0 bridgehead atoms. The first-order chi connectivity index (χ1) is 15.7. The molecule has 4 aromatic rings. The summed E-state index contributed by atoms with van der Waals surface area (Å²) in [6.45, 7) is 8.16. The second-order valence-corrected chi connectivity index (χ2v) is 11.5. The molecular formula is C28H27NO3S. The second-order valence-electron chi connectivity index (χ2n) is 9.65. The number of anilines is 1. The summed E-state index contributed by atoms with van der Waals surface area (Å²) in [5, 5.41) is 0.791. The molecule has 5 heteroatoms. The maximum Gasteiger partial charge on any atom is 0.265 e. The molecule has 5 rings (SSSR count). The van der Waals surface area contributed by atoms with Crippen LogP contribution in [0, 0.1) is 12.3 Å². The minimum atomic E-state index is -3.86. The van der Waals surface area contributed by atoms with Crippen LogP contribution in [0.2, 0.25) is 0 Å². The lowest BCUT2D eigenvalue weighted by Gasteiger charge is -2.41. The first kappa shape index (κ1) is 21.5. The average Bonchev–Trinajstić information content (AvgIpc) is 3.17. The van der Waals surface area contributed by atoms with Crippen LogP contribution < -0.4 is 4.31 Å². The average molecular weight is 458 g/mol. The van der Waals surface area contributed by atoms with E-state index in [1.54, 1.807) is 16.4 Å².